The van der Waals surface area contributed by atoms with E-state index in [2.05, 4.69) is 6.07 Å². The van der Waals surface area contributed by atoms with Crippen molar-refractivity contribution < 1.29 is 9.53 Å². The molecule has 0 radical (unpaired) electrons. The van der Waals surface area contributed by atoms with Crippen LogP contribution in [0.15, 0.2) is 24.3 Å². The molecule has 4 nitrogen and oxygen atoms in total. The molecule has 0 saturated carbocycles. The maximum Gasteiger partial charge on any atom is 0.253 e. The molecule has 0 aromatic heterocycles. The zero-order chi connectivity index (χ0) is 12.8. The number of carbonyl (C=O) groups excluding carboxylic acids is 1. The molecule has 0 saturated heterocycles. The lowest BCUT2D eigenvalue weighted by Crippen LogP contribution is -2.41. The standard InChI is InChI=1S/C13H20N2O2.ClH/c1-10-5-4-6-11(7-10)9-15(2)13(16)12(8-14)17-3;/h4-7,12H,8-9,14H2,1-3H3;1H. The Balaban J connectivity index is 0.00000289. The van der Waals surface area contributed by atoms with Gasteiger partial charge in [0.15, 0.2) is 0 Å². The van der Waals surface area contributed by atoms with Crippen LogP contribution >= 0.6 is 12.4 Å². The van der Waals surface area contributed by atoms with Crippen molar-refractivity contribution in [1.82, 2.24) is 4.90 Å². The highest BCUT2D eigenvalue weighted by Crippen LogP contribution is 2.08. The van der Waals surface area contributed by atoms with Gasteiger partial charge in [0.1, 0.15) is 6.10 Å². The van der Waals surface area contributed by atoms with Gasteiger partial charge in [-0.05, 0) is 12.5 Å². The van der Waals surface area contributed by atoms with Gasteiger partial charge >= 0.3 is 0 Å². The topological polar surface area (TPSA) is 55.6 Å². The molecule has 1 amide bonds. The molecular weight excluding hydrogens is 252 g/mol. The molecule has 0 aliphatic rings. The van der Waals surface area contributed by atoms with Gasteiger partial charge < -0.3 is 15.4 Å². The second-order valence-corrected chi connectivity index (χ2v) is 4.14. The molecule has 102 valence electrons. The summed E-state index contributed by atoms with van der Waals surface area (Å²) in [6.45, 7) is 2.80. The molecule has 0 heterocycles. The summed E-state index contributed by atoms with van der Waals surface area (Å²) in [7, 11) is 3.25. The minimum absolute atomic E-state index is 0. The fourth-order valence-corrected chi connectivity index (χ4v) is 1.71. The summed E-state index contributed by atoms with van der Waals surface area (Å²) >= 11 is 0. The summed E-state index contributed by atoms with van der Waals surface area (Å²) in [4.78, 5) is 13.6. The number of benzene rings is 1. The molecule has 1 unspecified atom stereocenters. The van der Waals surface area contributed by atoms with E-state index in [4.69, 9.17) is 10.5 Å². The summed E-state index contributed by atoms with van der Waals surface area (Å²) in [5.41, 5.74) is 7.76. The third-order valence-electron chi connectivity index (χ3n) is 2.65. The van der Waals surface area contributed by atoms with Crippen molar-refractivity contribution in [2.24, 2.45) is 5.73 Å². The summed E-state index contributed by atoms with van der Waals surface area (Å²) in [5.74, 6) is -0.0866. The maximum absolute atomic E-state index is 11.9. The highest BCUT2D eigenvalue weighted by atomic mass is 35.5. The Hall–Kier alpha value is -1.10. The van der Waals surface area contributed by atoms with Crippen molar-refractivity contribution in [3.63, 3.8) is 0 Å². The molecule has 0 fully saturated rings. The van der Waals surface area contributed by atoms with Crippen molar-refractivity contribution >= 4 is 18.3 Å². The summed E-state index contributed by atoms with van der Waals surface area (Å²) < 4.78 is 5.03. The van der Waals surface area contributed by atoms with Crippen molar-refractivity contribution in [3.05, 3.63) is 35.4 Å². The number of hydrogen-bond donors (Lipinski definition) is 1. The molecule has 1 aromatic rings. The zero-order valence-corrected chi connectivity index (χ0v) is 11.9. The summed E-state index contributed by atoms with van der Waals surface area (Å²) in [5, 5.41) is 0. The third-order valence-corrected chi connectivity index (χ3v) is 2.65. The number of methoxy groups -OCH3 is 1. The summed E-state index contributed by atoms with van der Waals surface area (Å²) in [6.07, 6.45) is -0.551. The van der Waals surface area contributed by atoms with Crippen LogP contribution in [0, 0.1) is 6.92 Å². The SMILES string of the molecule is COC(CN)C(=O)N(C)Cc1cccc(C)c1.Cl. The van der Waals surface area contributed by atoms with Crippen molar-refractivity contribution in [3.8, 4) is 0 Å². The Labute approximate surface area is 115 Å². The highest BCUT2D eigenvalue weighted by Gasteiger charge is 2.19. The van der Waals surface area contributed by atoms with Gasteiger partial charge in [0.25, 0.3) is 5.91 Å². The molecule has 5 heteroatoms. The van der Waals surface area contributed by atoms with Crippen LogP contribution in [0.2, 0.25) is 0 Å². The minimum Gasteiger partial charge on any atom is -0.370 e. The predicted molar refractivity (Wildman–Crippen MR) is 74.8 cm³/mol. The fraction of sp³-hybridized carbons (Fsp3) is 0.462. The van der Waals surface area contributed by atoms with Crippen molar-refractivity contribution in [2.45, 2.75) is 19.6 Å². The number of amides is 1. The Morgan fingerprint density at radius 1 is 1.50 bits per heavy atom. The second-order valence-electron chi connectivity index (χ2n) is 4.14. The van der Waals surface area contributed by atoms with Gasteiger partial charge in [-0.2, -0.15) is 0 Å². The van der Waals surface area contributed by atoms with Gasteiger partial charge in [0.05, 0.1) is 0 Å². The van der Waals surface area contributed by atoms with Gasteiger partial charge in [-0.1, -0.05) is 29.8 Å². The molecule has 1 atom stereocenters. The number of likely N-dealkylation sites (N-methyl/N-ethyl adjacent to an activating group) is 1. The smallest absolute Gasteiger partial charge is 0.253 e. The molecule has 1 aromatic carbocycles. The molecule has 0 aliphatic heterocycles. The van der Waals surface area contributed by atoms with Gasteiger partial charge in [-0.25, -0.2) is 0 Å². The highest BCUT2D eigenvalue weighted by molar-refractivity contribution is 5.85. The predicted octanol–water partition coefficient (Wildman–Crippen LogP) is 1.35. The summed E-state index contributed by atoms with van der Waals surface area (Å²) in [6, 6.07) is 8.08. The first-order valence-electron chi connectivity index (χ1n) is 5.62. The second kappa shape index (κ2) is 8.08. The van der Waals surface area contributed by atoms with Crippen LogP contribution < -0.4 is 5.73 Å². The van der Waals surface area contributed by atoms with E-state index in [0.29, 0.717) is 6.54 Å². The molecule has 0 bridgehead atoms. The molecule has 0 spiro atoms. The zero-order valence-electron chi connectivity index (χ0n) is 11.1. The van der Waals surface area contributed by atoms with E-state index in [1.165, 1.54) is 12.7 Å². The third kappa shape index (κ3) is 4.64. The first kappa shape index (κ1) is 16.9. The monoisotopic (exact) mass is 272 g/mol. The lowest BCUT2D eigenvalue weighted by atomic mass is 10.1. The van der Waals surface area contributed by atoms with E-state index in [-0.39, 0.29) is 24.9 Å². The van der Waals surface area contributed by atoms with Crippen LogP contribution in [-0.2, 0) is 16.1 Å². The van der Waals surface area contributed by atoms with Crippen LogP contribution in [0.5, 0.6) is 0 Å². The molecule has 0 aliphatic carbocycles. The van der Waals surface area contributed by atoms with E-state index in [1.54, 1.807) is 11.9 Å². The quantitative estimate of drug-likeness (QED) is 0.880. The number of nitrogens with two attached hydrogens (primary N) is 1. The van der Waals surface area contributed by atoms with Crippen molar-refractivity contribution in [2.75, 3.05) is 20.7 Å². The maximum atomic E-state index is 11.9. The van der Waals surface area contributed by atoms with E-state index < -0.39 is 6.10 Å². The van der Waals surface area contributed by atoms with Gasteiger partial charge in [-0.3, -0.25) is 4.79 Å². The van der Waals surface area contributed by atoms with Crippen LogP contribution in [0.3, 0.4) is 0 Å². The van der Waals surface area contributed by atoms with E-state index in [1.807, 2.05) is 25.1 Å². The Morgan fingerprint density at radius 2 is 2.17 bits per heavy atom. The lowest BCUT2D eigenvalue weighted by molar-refractivity contribution is -0.140. The number of hydrogen-bond acceptors (Lipinski definition) is 3. The van der Waals surface area contributed by atoms with Crippen LogP contribution in [0.4, 0.5) is 0 Å². The Bertz CT molecular complexity index is 381. The molecule has 2 N–H and O–H groups in total. The number of nitrogens with zero attached hydrogens (tertiary/aromatic N) is 1. The van der Waals surface area contributed by atoms with Crippen LogP contribution in [0.1, 0.15) is 11.1 Å². The number of carbonyl (C=O) groups is 1. The Kier molecular flexibility index (Phi) is 7.59. The van der Waals surface area contributed by atoms with E-state index in [0.717, 1.165) is 5.56 Å². The number of rotatable bonds is 5. The molecule has 1 rings (SSSR count). The largest absolute Gasteiger partial charge is 0.370 e. The van der Waals surface area contributed by atoms with Crippen LogP contribution in [-0.4, -0.2) is 37.6 Å². The molecule has 18 heavy (non-hydrogen) atoms. The van der Waals surface area contributed by atoms with E-state index >= 15 is 0 Å². The molecular formula is C13H21ClN2O2. The average molecular weight is 273 g/mol. The minimum atomic E-state index is -0.551. The first-order valence-corrected chi connectivity index (χ1v) is 5.62. The average Bonchev–Trinajstić information content (AvgIpc) is 2.30. The van der Waals surface area contributed by atoms with Gasteiger partial charge in [0.2, 0.25) is 0 Å². The fourth-order valence-electron chi connectivity index (χ4n) is 1.71. The lowest BCUT2D eigenvalue weighted by Gasteiger charge is -2.22. The number of aryl methyl sites for hydroxylation is 1. The van der Waals surface area contributed by atoms with Gasteiger partial charge in [-0.15, -0.1) is 12.4 Å². The normalized spacial score (nSPS) is 11.6. The van der Waals surface area contributed by atoms with Crippen LogP contribution in [0.25, 0.3) is 0 Å². The van der Waals surface area contributed by atoms with Gasteiger partial charge in [0, 0.05) is 27.2 Å². The number of halogens is 1. The first-order chi connectivity index (χ1) is 8.08. The Morgan fingerprint density at radius 3 is 2.67 bits per heavy atom. The number of ether oxygens (including phenoxy) is 1. The van der Waals surface area contributed by atoms with E-state index in [9.17, 15) is 4.79 Å². The van der Waals surface area contributed by atoms with Crippen molar-refractivity contribution in [1.29, 1.82) is 0 Å².